The van der Waals surface area contributed by atoms with Crippen LogP contribution in [-0.2, 0) is 9.63 Å². The third-order valence-corrected chi connectivity index (χ3v) is 3.16. The number of hydrogen-bond acceptors (Lipinski definition) is 5. The number of carbonyl (C=O) groups is 1. The number of amides is 1. The van der Waals surface area contributed by atoms with Crippen LogP contribution >= 0.6 is 11.8 Å². The van der Waals surface area contributed by atoms with E-state index in [1.165, 1.54) is 23.9 Å². The number of nitrogens with one attached hydrogen (secondary N) is 1. The number of carbonyl (C=O) groups excluding carboxylic acids is 1. The van der Waals surface area contributed by atoms with Gasteiger partial charge < -0.3 is 0 Å². The van der Waals surface area contributed by atoms with E-state index in [4.69, 9.17) is 4.84 Å². The van der Waals surface area contributed by atoms with Crippen LogP contribution in [-0.4, -0.2) is 22.7 Å². The predicted octanol–water partition coefficient (Wildman–Crippen LogP) is 2.14. The second-order valence-corrected chi connectivity index (χ2v) is 4.82. The number of non-ortho nitro benzene ring substituents is 1. The second-order valence-electron chi connectivity index (χ2n) is 3.41. The molecule has 0 aliphatic carbocycles. The Balaban J connectivity index is 2.56. The van der Waals surface area contributed by atoms with Crippen molar-refractivity contribution in [3.63, 3.8) is 0 Å². The Kier molecular flexibility index (Phi) is 5.60. The molecule has 18 heavy (non-hydrogen) atoms. The molecule has 1 N–H and O–H groups in total. The fourth-order valence-corrected chi connectivity index (χ4v) is 1.99. The first-order valence-corrected chi connectivity index (χ1v) is 6.25. The predicted molar refractivity (Wildman–Crippen MR) is 68.2 cm³/mol. The van der Waals surface area contributed by atoms with Crippen molar-refractivity contribution >= 4 is 23.4 Å². The van der Waals surface area contributed by atoms with Gasteiger partial charge in [-0.05, 0) is 26.0 Å². The summed E-state index contributed by atoms with van der Waals surface area (Å²) in [5, 5.41) is 10.1. The minimum absolute atomic E-state index is 0.0331. The van der Waals surface area contributed by atoms with Gasteiger partial charge in [0.2, 0.25) is 0 Å². The number of nitro groups is 1. The third kappa shape index (κ3) is 4.34. The zero-order valence-corrected chi connectivity index (χ0v) is 10.9. The van der Waals surface area contributed by atoms with Crippen LogP contribution in [0.1, 0.15) is 13.8 Å². The Morgan fingerprint density at radius 3 is 2.61 bits per heavy atom. The summed E-state index contributed by atoms with van der Waals surface area (Å²) >= 11 is 1.31. The van der Waals surface area contributed by atoms with E-state index in [0.29, 0.717) is 6.61 Å². The van der Waals surface area contributed by atoms with Gasteiger partial charge in [0.25, 0.3) is 11.6 Å². The van der Waals surface area contributed by atoms with Crippen LogP contribution in [0.15, 0.2) is 29.2 Å². The molecule has 1 rings (SSSR count). The lowest BCUT2D eigenvalue weighted by atomic mass is 10.3. The summed E-state index contributed by atoms with van der Waals surface area (Å²) in [6.45, 7) is 3.91. The fraction of sp³-hybridized carbons (Fsp3) is 0.364. The molecule has 0 saturated carbocycles. The zero-order valence-electron chi connectivity index (χ0n) is 10.1. The van der Waals surface area contributed by atoms with Crippen LogP contribution in [0.3, 0.4) is 0 Å². The van der Waals surface area contributed by atoms with E-state index in [2.05, 4.69) is 5.48 Å². The summed E-state index contributed by atoms with van der Waals surface area (Å²) < 4.78 is 0. The summed E-state index contributed by atoms with van der Waals surface area (Å²) in [5.41, 5.74) is 2.35. The number of nitrogens with zero attached hydrogens (tertiary/aromatic N) is 1. The fourth-order valence-electron chi connectivity index (χ4n) is 1.13. The smallest absolute Gasteiger partial charge is 0.269 e. The highest BCUT2D eigenvalue weighted by molar-refractivity contribution is 8.00. The van der Waals surface area contributed by atoms with Gasteiger partial charge >= 0.3 is 0 Å². The molecule has 0 aromatic heterocycles. The van der Waals surface area contributed by atoms with Crippen molar-refractivity contribution in [3.05, 3.63) is 34.4 Å². The first-order valence-electron chi connectivity index (χ1n) is 5.37. The van der Waals surface area contributed by atoms with E-state index in [0.717, 1.165) is 4.90 Å². The molecular weight excluding hydrogens is 256 g/mol. The van der Waals surface area contributed by atoms with Crippen molar-refractivity contribution in [2.45, 2.75) is 24.0 Å². The van der Waals surface area contributed by atoms with Gasteiger partial charge in [-0.25, -0.2) is 5.48 Å². The standard InChI is InChI=1S/C11H14N2O4S/c1-3-17-12-11(14)8(2)18-10-6-4-9(5-7-10)13(15)16/h4-8H,3H2,1-2H3,(H,12,14)/t8-/m0/s1. The van der Waals surface area contributed by atoms with Crippen molar-refractivity contribution < 1.29 is 14.6 Å². The van der Waals surface area contributed by atoms with Gasteiger partial charge in [0.05, 0.1) is 16.8 Å². The SMILES string of the molecule is CCONC(=O)[C@H](C)Sc1ccc([N+](=O)[O-])cc1. The quantitative estimate of drug-likeness (QED) is 0.486. The van der Waals surface area contributed by atoms with E-state index in [9.17, 15) is 14.9 Å². The average Bonchev–Trinajstić information content (AvgIpc) is 2.36. The van der Waals surface area contributed by atoms with E-state index >= 15 is 0 Å². The van der Waals surface area contributed by atoms with Gasteiger partial charge in [-0.2, -0.15) is 0 Å². The Morgan fingerprint density at radius 2 is 2.11 bits per heavy atom. The Hall–Kier alpha value is -1.60. The van der Waals surface area contributed by atoms with Crippen LogP contribution < -0.4 is 5.48 Å². The maximum atomic E-state index is 11.5. The van der Waals surface area contributed by atoms with Gasteiger partial charge in [-0.15, -0.1) is 11.8 Å². The first-order chi connectivity index (χ1) is 8.54. The maximum absolute atomic E-state index is 11.5. The van der Waals surface area contributed by atoms with Crippen LogP contribution in [0, 0.1) is 10.1 Å². The molecule has 0 aliphatic heterocycles. The van der Waals surface area contributed by atoms with Crippen LogP contribution in [0.2, 0.25) is 0 Å². The van der Waals surface area contributed by atoms with Crippen LogP contribution in [0.25, 0.3) is 0 Å². The van der Waals surface area contributed by atoms with Crippen LogP contribution in [0.5, 0.6) is 0 Å². The summed E-state index contributed by atoms with van der Waals surface area (Å²) in [6, 6.07) is 6.06. The van der Waals surface area contributed by atoms with Crippen LogP contribution in [0.4, 0.5) is 5.69 Å². The lowest BCUT2D eigenvalue weighted by Crippen LogP contribution is -2.30. The van der Waals surface area contributed by atoms with E-state index < -0.39 is 4.92 Å². The maximum Gasteiger partial charge on any atom is 0.269 e. The molecule has 6 nitrogen and oxygen atoms in total. The average molecular weight is 270 g/mol. The molecule has 1 amide bonds. The molecule has 0 unspecified atom stereocenters. The molecule has 0 heterocycles. The molecule has 0 saturated heterocycles. The van der Waals surface area contributed by atoms with E-state index in [1.807, 2.05) is 0 Å². The van der Waals surface area contributed by atoms with Gasteiger partial charge in [0.1, 0.15) is 0 Å². The lowest BCUT2D eigenvalue weighted by molar-refractivity contribution is -0.384. The van der Waals surface area contributed by atoms with Gasteiger partial charge in [-0.3, -0.25) is 19.7 Å². The topological polar surface area (TPSA) is 81.5 Å². The molecule has 1 atom stereocenters. The minimum atomic E-state index is -0.459. The monoisotopic (exact) mass is 270 g/mol. The molecule has 0 fully saturated rings. The zero-order chi connectivity index (χ0) is 13.5. The minimum Gasteiger partial charge on any atom is -0.274 e. The normalized spacial score (nSPS) is 11.9. The highest BCUT2D eigenvalue weighted by Crippen LogP contribution is 2.25. The molecule has 0 spiro atoms. The molecule has 0 aliphatic rings. The van der Waals surface area contributed by atoms with Gasteiger partial charge in [0.15, 0.2) is 0 Å². The highest BCUT2D eigenvalue weighted by Gasteiger charge is 2.14. The molecule has 0 radical (unpaired) electrons. The van der Waals surface area contributed by atoms with Crippen molar-refractivity contribution in [1.29, 1.82) is 0 Å². The lowest BCUT2D eigenvalue weighted by Gasteiger charge is -2.10. The van der Waals surface area contributed by atoms with E-state index in [-0.39, 0.29) is 16.8 Å². The number of benzene rings is 1. The highest BCUT2D eigenvalue weighted by atomic mass is 32.2. The number of thioether (sulfide) groups is 1. The number of nitro benzene ring substituents is 1. The van der Waals surface area contributed by atoms with Crippen molar-refractivity contribution in [3.8, 4) is 0 Å². The number of hydrogen-bond donors (Lipinski definition) is 1. The molecule has 1 aromatic carbocycles. The summed E-state index contributed by atoms with van der Waals surface area (Å²) in [7, 11) is 0. The van der Waals surface area contributed by atoms with Crippen molar-refractivity contribution in [2.24, 2.45) is 0 Å². The summed E-state index contributed by atoms with van der Waals surface area (Å²) in [4.78, 5) is 27.1. The van der Waals surface area contributed by atoms with E-state index in [1.54, 1.807) is 26.0 Å². The summed E-state index contributed by atoms with van der Waals surface area (Å²) in [6.07, 6.45) is 0. The molecular formula is C11H14N2O4S. The Morgan fingerprint density at radius 1 is 1.50 bits per heavy atom. The Labute approximate surface area is 109 Å². The first kappa shape index (κ1) is 14.5. The number of hydroxylamine groups is 1. The van der Waals surface area contributed by atoms with Gasteiger partial charge in [0, 0.05) is 17.0 Å². The van der Waals surface area contributed by atoms with Crippen molar-refractivity contribution in [1.82, 2.24) is 5.48 Å². The molecule has 1 aromatic rings. The Bertz CT molecular complexity index is 422. The molecule has 98 valence electrons. The third-order valence-electron chi connectivity index (χ3n) is 2.05. The van der Waals surface area contributed by atoms with Gasteiger partial charge in [-0.1, -0.05) is 0 Å². The molecule has 0 bridgehead atoms. The number of rotatable bonds is 6. The molecule has 7 heteroatoms. The van der Waals surface area contributed by atoms with Crippen molar-refractivity contribution in [2.75, 3.05) is 6.61 Å². The summed E-state index contributed by atoms with van der Waals surface area (Å²) in [5.74, 6) is -0.236. The second kappa shape index (κ2) is 6.97. The largest absolute Gasteiger partial charge is 0.274 e.